The Morgan fingerprint density at radius 3 is 2.57 bits per heavy atom. The number of hydrogen-bond donors (Lipinski definition) is 0. The Balaban J connectivity index is 1.33. The van der Waals surface area contributed by atoms with Gasteiger partial charge in [0.25, 0.3) is 5.91 Å². The van der Waals surface area contributed by atoms with E-state index in [1.165, 1.54) is 30.6 Å². The zero-order chi connectivity index (χ0) is 25.9. The Hall–Kier alpha value is -3.60. The quantitative estimate of drug-likeness (QED) is 0.454. The normalized spacial score (nSPS) is 27.8. The summed E-state index contributed by atoms with van der Waals surface area (Å²) in [6.45, 7) is 0.298. The number of methoxy groups -OCH3 is 1. The number of carbonyl (C=O) groups is 1. The monoisotopic (exact) mass is 514 g/mol. The van der Waals surface area contributed by atoms with Gasteiger partial charge in [-0.15, -0.1) is 0 Å². The predicted octanol–water partition coefficient (Wildman–Crippen LogP) is 4.39. The molecule has 0 N–H and O–H groups in total. The lowest BCUT2D eigenvalue weighted by Crippen LogP contribution is -2.61. The molecule has 2 saturated carbocycles. The van der Waals surface area contributed by atoms with Gasteiger partial charge in [-0.3, -0.25) is 4.79 Å². The average Bonchev–Trinajstić information content (AvgIpc) is 3.58. The highest BCUT2D eigenvalue weighted by atomic mass is 19.4. The zero-order valence-electron chi connectivity index (χ0n) is 19.7. The van der Waals surface area contributed by atoms with Crippen LogP contribution in [0.5, 0.6) is 5.88 Å². The minimum absolute atomic E-state index is 0.0140. The number of aromatic nitrogens is 3. The topological polar surface area (TPSA) is 77.4 Å². The maximum absolute atomic E-state index is 15.0. The lowest BCUT2D eigenvalue weighted by atomic mass is 9.72. The number of piperidine rings is 1. The number of halogens is 4. The number of rotatable bonds is 6. The standard InChI is InChI=1S/C26H22F4N4O3/c1-36-13-18-16-10-25(16)11-19(37-20-7-6-14(12-33-20)26(28,29)30)22(25)34(18)24(35)15-4-2-5-17(27)21(15)23-31-8-3-9-32-23/h2-9,12,16,18-19,22H,10-11,13H2,1H3. The number of amides is 1. The first kappa shape index (κ1) is 23.8. The first-order valence-corrected chi connectivity index (χ1v) is 11.8. The van der Waals surface area contributed by atoms with Crippen molar-refractivity contribution in [2.24, 2.45) is 11.3 Å². The smallest absolute Gasteiger partial charge is 0.417 e. The minimum atomic E-state index is -4.50. The van der Waals surface area contributed by atoms with E-state index in [4.69, 9.17) is 9.47 Å². The van der Waals surface area contributed by atoms with Crippen molar-refractivity contribution in [2.45, 2.75) is 37.2 Å². The van der Waals surface area contributed by atoms with Crippen LogP contribution in [-0.4, -0.2) is 57.7 Å². The van der Waals surface area contributed by atoms with E-state index in [2.05, 4.69) is 15.0 Å². The van der Waals surface area contributed by atoms with Crippen molar-refractivity contribution < 1.29 is 31.8 Å². The Bertz CT molecular complexity index is 1340. The Kier molecular flexibility index (Phi) is 5.45. The third-order valence-electron chi connectivity index (χ3n) is 7.76. The molecule has 3 heterocycles. The van der Waals surface area contributed by atoms with Gasteiger partial charge >= 0.3 is 6.18 Å². The van der Waals surface area contributed by atoms with E-state index in [-0.39, 0.29) is 46.2 Å². The highest BCUT2D eigenvalue weighted by Crippen LogP contribution is 2.74. The molecule has 2 aromatic heterocycles. The third kappa shape index (κ3) is 3.75. The minimum Gasteiger partial charge on any atom is -0.472 e. The molecule has 1 amide bonds. The second kappa shape index (κ2) is 8.47. The summed E-state index contributed by atoms with van der Waals surface area (Å²) in [5.41, 5.74) is -0.875. The lowest BCUT2D eigenvalue weighted by molar-refractivity contribution is -0.137. The second-order valence-corrected chi connectivity index (χ2v) is 9.70. The molecule has 0 bridgehead atoms. The van der Waals surface area contributed by atoms with Crippen molar-refractivity contribution in [3.8, 4) is 17.3 Å². The first-order chi connectivity index (χ1) is 17.7. The molecule has 3 aromatic rings. The number of ether oxygens (including phenoxy) is 2. The predicted molar refractivity (Wildman–Crippen MR) is 122 cm³/mol. The molecule has 3 fully saturated rings. The third-order valence-corrected chi connectivity index (χ3v) is 7.76. The average molecular weight is 514 g/mol. The first-order valence-electron chi connectivity index (χ1n) is 11.8. The van der Waals surface area contributed by atoms with Crippen LogP contribution in [0.15, 0.2) is 55.0 Å². The van der Waals surface area contributed by atoms with Crippen LogP contribution in [0.3, 0.4) is 0 Å². The molecule has 192 valence electrons. The molecule has 37 heavy (non-hydrogen) atoms. The van der Waals surface area contributed by atoms with Crippen LogP contribution >= 0.6 is 0 Å². The van der Waals surface area contributed by atoms with Crippen molar-refractivity contribution in [2.75, 3.05) is 13.7 Å². The maximum Gasteiger partial charge on any atom is 0.417 e. The van der Waals surface area contributed by atoms with Gasteiger partial charge in [0.15, 0.2) is 5.82 Å². The summed E-state index contributed by atoms with van der Waals surface area (Å²) in [6, 6.07) is 7.38. The molecule has 1 saturated heterocycles. The maximum atomic E-state index is 15.0. The van der Waals surface area contributed by atoms with Gasteiger partial charge in [-0.1, -0.05) is 6.07 Å². The molecule has 3 aliphatic rings. The number of nitrogens with zero attached hydrogens (tertiary/aromatic N) is 4. The van der Waals surface area contributed by atoms with Gasteiger partial charge in [-0.2, -0.15) is 13.2 Å². The van der Waals surface area contributed by atoms with Crippen LogP contribution < -0.4 is 4.74 Å². The number of benzene rings is 1. The van der Waals surface area contributed by atoms with Gasteiger partial charge in [-0.05, 0) is 43.0 Å². The van der Waals surface area contributed by atoms with Crippen molar-refractivity contribution in [1.82, 2.24) is 19.9 Å². The van der Waals surface area contributed by atoms with Crippen LogP contribution in [0.4, 0.5) is 17.6 Å². The Morgan fingerprint density at radius 2 is 1.89 bits per heavy atom. The Labute approximate surface area is 209 Å². The van der Waals surface area contributed by atoms with Gasteiger partial charge in [-0.25, -0.2) is 19.3 Å². The molecule has 5 unspecified atom stereocenters. The van der Waals surface area contributed by atoms with E-state index >= 15 is 0 Å². The number of carbonyl (C=O) groups excluding carboxylic acids is 1. The lowest BCUT2D eigenvalue weighted by Gasteiger charge is -2.48. The van der Waals surface area contributed by atoms with E-state index < -0.39 is 29.6 Å². The van der Waals surface area contributed by atoms with Crippen molar-refractivity contribution >= 4 is 5.91 Å². The SMILES string of the molecule is COCC1C2CC23CC(Oc2ccc(C(F)(F)F)cn2)C3N1C(=O)c1cccc(F)c1-c1ncccn1. The molecular weight excluding hydrogens is 492 g/mol. The van der Waals surface area contributed by atoms with Crippen LogP contribution in [0, 0.1) is 17.2 Å². The molecule has 1 aromatic carbocycles. The van der Waals surface area contributed by atoms with E-state index in [1.54, 1.807) is 24.1 Å². The molecule has 0 radical (unpaired) electrons. The van der Waals surface area contributed by atoms with E-state index in [1.807, 2.05) is 0 Å². The van der Waals surface area contributed by atoms with Gasteiger partial charge in [0.1, 0.15) is 11.9 Å². The van der Waals surface area contributed by atoms with E-state index in [9.17, 15) is 22.4 Å². The molecule has 7 nitrogen and oxygen atoms in total. The van der Waals surface area contributed by atoms with Crippen molar-refractivity contribution in [3.05, 3.63) is 71.9 Å². The van der Waals surface area contributed by atoms with Gasteiger partial charge < -0.3 is 14.4 Å². The molecular formula is C26H22F4N4O3. The van der Waals surface area contributed by atoms with Crippen molar-refractivity contribution in [3.63, 3.8) is 0 Å². The second-order valence-electron chi connectivity index (χ2n) is 9.70. The van der Waals surface area contributed by atoms with E-state index in [0.717, 1.165) is 18.7 Å². The number of hydrogen-bond acceptors (Lipinski definition) is 6. The summed E-state index contributed by atoms with van der Waals surface area (Å²) < 4.78 is 65.2. The Morgan fingerprint density at radius 1 is 1.11 bits per heavy atom. The highest BCUT2D eigenvalue weighted by Gasteiger charge is 2.79. The van der Waals surface area contributed by atoms with Crippen LogP contribution in [0.25, 0.3) is 11.4 Å². The van der Waals surface area contributed by atoms with Crippen molar-refractivity contribution in [1.29, 1.82) is 0 Å². The van der Waals surface area contributed by atoms with Crippen LogP contribution in [-0.2, 0) is 10.9 Å². The molecule has 2 aliphatic carbocycles. The van der Waals surface area contributed by atoms with Crippen LogP contribution in [0.2, 0.25) is 0 Å². The zero-order valence-corrected chi connectivity index (χ0v) is 19.7. The molecule has 1 spiro atoms. The summed E-state index contributed by atoms with van der Waals surface area (Å²) in [7, 11) is 1.56. The summed E-state index contributed by atoms with van der Waals surface area (Å²) in [5, 5.41) is 0. The fourth-order valence-corrected chi connectivity index (χ4v) is 6.14. The van der Waals surface area contributed by atoms with Gasteiger partial charge in [0.2, 0.25) is 5.88 Å². The number of likely N-dealkylation sites (tertiary alicyclic amines) is 1. The molecule has 6 rings (SSSR count). The van der Waals surface area contributed by atoms with E-state index in [0.29, 0.717) is 13.0 Å². The summed E-state index contributed by atoms with van der Waals surface area (Å²) in [5.74, 6) is -0.658. The summed E-state index contributed by atoms with van der Waals surface area (Å²) >= 11 is 0. The molecule has 11 heteroatoms. The molecule has 1 aliphatic heterocycles. The van der Waals surface area contributed by atoms with Gasteiger partial charge in [0, 0.05) is 37.2 Å². The fraction of sp³-hybridized carbons (Fsp3) is 0.385. The number of alkyl halides is 3. The van der Waals surface area contributed by atoms with Crippen LogP contribution in [0.1, 0.15) is 28.8 Å². The highest BCUT2D eigenvalue weighted by molar-refractivity contribution is 6.01. The molecule has 5 atom stereocenters. The summed E-state index contributed by atoms with van der Waals surface area (Å²) in [4.78, 5) is 27.9. The summed E-state index contributed by atoms with van der Waals surface area (Å²) in [6.07, 6.45) is 0.257. The largest absolute Gasteiger partial charge is 0.472 e. The fourth-order valence-electron chi connectivity index (χ4n) is 6.14. The van der Waals surface area contributed by atoms with Gasteiger partial charge in [0.05, 0.1) is 35.4 Å². The number of pyridine rings is 1.